The Labute approximate surface area is 138 Å². The van der Waals surface area contributed by atoms with Crippen LogP contribution in [0.3, 0.4) is 0 Å². The Hall–Kier alpha value is -2.24. The summed E-state index contributed by atoms with van der Waals surface area (Å²) in [5.41, 5.74) is 3.20. The normalized spacial score (nSPS) is 18.5. The molecule has 23 heavy (non-hydrogen) atoms. The number of hydrogen-bond acceptors (Lipinski definition) is 3. The molecule has 1 aromatic carbocycles. The number of fused-ring (bicyclic) bond motifs is 1. The molecule has 1 fully saturated rings. The van der Waals surface area contributed by atoms with E-state index >= 15 is 0 Å². The van der Waals surface area contributed by atoms with Crippen LogP contribution in [0, 0.1) is 0 Å². The van der Waals surface area contributed by atoms with Crippen LogP contribution in [0.15, 0.2) is 47.1 Å². The molecule has 5 nitrogen and oxygen atoms in total. The highest BCUT2D eigenvalue weighted by Crippen LogP contribution is 2.23. The number of carbonyl (C=O) groups is 1. The molecule has 1 unspecified atom stereocenters. The molecule has 1 aliphatic heterocycles. The smallest absolute Gasteiger partial charge is 0.270 e. The molecule has 1 amide bonds. The van der Waals surface area contributed by atoms with Crippen molar-refractivity contribution in [3.8, 4) is 0 Å². The lowest BCUT2D eigenvalue weighted by Gasteiger charge is -2.33. The van der Waals surface area contributed by atoms with Gasteiger partial charge in [0.15, 0.2) is 5.58 Å². The van der Waals surface area contributed by atoms with Gasteiger partial charge in [-0.05, 0) is 17.7 Å². The van der Waals surface area contributed by atoms with E-state index in [2.05, 4.69) is 10.3 Å². The lowest BCUT2D eigenvalue weighted by molar-refractivity contribution is 0.0698. The molecule has 1 atom stereocenters. The van der Waals surface area contributed by atoms with Crippen molar-refractivity contribution in [2.75, 3.05) is 19.6 Å². The molecule has 0 spiro atoms. The SMILES string of the molecule is O=C(c1cc2occc2[nH]1)N1CCNC(c2cccc(Cl)c2)C1. The van der Waals surface area contributed by atoms with Gasteiger partial charge in [-0.3, -0.25) is 4.79 Å². The molecule has 0 aliphatic carbocycles. The van der Waals surface area contributed by atoms with Crippen molar-refractivity contribution >= 4 is 28.6 Å². The Morgan fingerprint density at radius 2 is 2.22 bits per heavy atom. The summed E-state index contributed by atoms with van der Waals surface area (Å²) in [6, 6.07) is 11.4. The van der Waals surface area contributed by atoms with E-state index in [0.717, 1.165) is 17.6 Å². The molecule has 3 heterocycles. The van der Waals surface area contributed by atoms with E-state index in [4.69, 9.17) is 16.0 Å². The quantitative estimate of drug-likeness (QED) is 0.759. The number of nitrogens with zero attached hydrogens (tertiary/aromatic N) is 1. The van der Waals surface area contributed by atoms with Crippen molar-refractivity contribution in [3.05, 3.63) is 58.9 Å². The van der Waals surface area contributed by atoms with Crippen LogP contribution in [0.1, 0.15) is 22.1 Å². The molecule has 118 valence electrons. The number of amides is 1. The number of furan rings is 1. The van der Waals surface area contributed by atoms with Gasteiger partial charge in [-0.1, -0.05) is 23.7 Å². The fraction of sp³-hybridized carbons (Fsp3) is 0.235. The van der Waals surface area contributed by atoms with Crippen molar-refractivity contribution in [3.63, 3.8) is 0 Å². The van der Waals surface area contributed by atoms with Crippen LogP contribution in [-0.4, -0.2) is 35.4 Å². The minimum atomic E-state index is -0.00933. The predicted molar refractivity (Wildman–Crippen MR) is 88.7 cm³/mol. The minimum Gasteiger partial charge on any atom is -0.463 e. The van der Waals surface area contributed by atoms with E-state index in [0.29, 0.717) is 29.4 Å². The van der Waals surface area contributed by atoms with Gasteiger partial charge in [0, 0.05) is 36.8 Å². The topological polar surface area (TPSA) is 61.3 Å². The first-order valence-electron chi connectivity index (χ1n) is 7.55. The van der Waals surface area contributed by atoms with Crippen molar-refractivity contribution < 1.29 is 9.21 Å². The summed E-state index contributed by atoms with van der Waals surface area (Å²) in [4.78, 5) is 17.7. The minimum absolute atomic E-state index is 0.00933. The average molecular weight is 330 g/mol. The second-order valence-corrected chi connectivity index (χ2v) is 6.13. The van der Waals surface area contributed by atoms with Gasteiger partial charge >= 0.3 is 0 Å². The molecule has 1 aliphatic rings. The van der Waals surface area contributed by atoms with Crippen molar-refractivity contribution in [2.45, 2.75) is 6.04 Å². The number of carbonyl (C=O) groups excluding carboxylic acids is 1. The van der Waals surface area contributed by atoms with Gasteiger partial charge in [-0.15, -0.1) is 0 Å². The largest absolute Gasteiger partial charge is 0.463 e. The van der Waals surface area contributed by atoms with Crippen molar-refractivity contribution in [1.82, 2.24) is 15.2 Å². The molecule has 0 radical (unpaired) electrons. The fourth-order valence-electron chi connectivity index (χ4n) is 3.01. The third-order valence-electron chi connectivity index (χ3n) is 4.18. The van der Waals surface area contributed by atoms with Crippen LogP contribution in [0.2, 0.25) is 5.02 Å². The van der Waals surface area contributed by atoms with Crippen LogP contribution in [0.5, 0.6) is 0 Å². The van der Waals surface area contributed by atoms with Gasteiger partial charge in [-0.2, -0.15) is 0 Å². The molecule has 4 rings (SSSR count). The summed E-state index contributed by atoms with van der Waals surface area (Å²) in [6.45, 7) is 2.04. The summed E-state index contributed by atoms with van der Waals surface area (Å²) in [5, 5.41) is 4.15. The van der Waals surface area contributed by atoms with E-state index in [9.17, 15) is 4.79 Å². The van der Waals surface area contributed by atoms with E-state index in [-0.39, 0.29) is 11.9 Å². The number of rotatable bonds is 2. The summed E-state index contributed by atoms with van der Waals surface area (Å²) in [6.07, 6.45) is 1.61. The lowest BCUT2D eigenvalue weighted by atomic mass is 10.0. The summed E-state index contributed by atoms with van der Waals surface area (Å²) < 4.78 is 5.31. The Balaban J connectivity index is 1.54. The molecule has 1 saturated heterocycles. The highest BCUT2D eigenvalue weighted by molar-refractivity contribution is 6.30. The van der Waals surface area contributed by atoms with Crippen LogP contribution in [0.25, 0.3) is 11.1 Å². The second-order valence-electron chi connectivity index (χ2n) is 5.69. The van der Waals surface area contributed by atoms with Crippen molar-refractivity contribution in [2.24, 2.45) is 0 Å². The van der Waals surface area contributed by atoms with Gasteiger partial charge in [0.25, 0.3) is 5.91 Å². The zero-order chi connectivity index (χ0) is 15.8. The molecule has 2 N–H and O–H groups in total. The van der Waals surface area contributed by atoms with E-state index < -0.39 is 0 Å². The zero-order valence-electron chi connectivity index (χ0n) is 12.4. The number of nitrogens with one attached hydrogen (secondary N) is 2. The number of aromatic amines is 1. The van der Waals surface area contributed by atoms with Crippen molar-refractivity contribution in [1.29, 1.82) is 0 Å². The van der Waals surface area contributed by atoms with E-state index in [1.807, 2.05) is 35.2 Å². The summed E-state index contributed by atoms with van der Waals surface area (Å²) in [5.74, 6) is -0.00933. The first kappa shape index (κ1) is 14.4. The summed E-state index contributed by atoms with van der Waals surface area (Å²) in [7, 11) is 0. The lowest BCUT2D eigenvalue weighted by Crippen LogP contribution is -2.48. The Morgan fingerprint density at radius 1 is 1.30 bits per heavy atom. The second kappa shape index (κ2) is 5.76. The maximum absolute atomic E-state index is 12.7. The maximum Gasteiger partial charge on any atom is 0.270 e. The van der Waals surface area contributed by atoms with Gasteiger partial charge in [0.05, 0.1) is 17.8 Å². The third-order valence-corrected chi connectivity index (χ3v) is 4.42. The third kappa shape index (κ3) is 2.73. The molecule has 6 heteroatoms. The number of aromatic nitrogens is 1. The number of H-pyrrole nitrogens is 1. The standard InChI is InChI=1S/C17H16ClN3O2/c18-12-3-1-2-11(8-12)15-10-21(6-5-19-15)17(22)14-9-16-13(20-14)4-7-23-16/h1-4,7-9,15,19-20H,5-6,10H2. The summed E-state index contributed by atoms with van der Waals surface area (Å²) >= 11 is 6.07. The van der Waals surface area contributed by atoms with Crippen LogP contribution >= 0.6 is 11.6 Å². The highest BCUT2D eigenvalue weighted by atomic mass is 35.5. The Morgan fingerprint density at radius 3 is 3.04 bits per heavy atom. The van der Waals surface area contributed by atoms with Gasteiger partial charge < -0.3 is 19.6 Å². The van der Waals surface area contributed by atoms with Gasteiger partial charge in [0.2, 0.25) is 0 Å². The zero-order valence-corrected chi connectivity index (χ0v) is 13.1. The molecular formula is C17H16ClN3O2. The van der Waals surface area contributed by atoms with Crippen LogP contribution in [0.4, 0.5) is 0 Å². The molecule has 2 aromatic heterocycles. The number of hydrogen-bond donors (Lipinski definition) is 2. The number of benzene rings is 1. The molecular weight excluding hydrogens is 314 g/mol. The average Bonchev–Trinajstić information content (AvgIpc) is 3.16. The maximum atomic E-state index is 12.7. The van der Waals surface area contributed by atoms with E-state index in [1.54, 1.807) is 12.3 Å². The molecule has 3 aromatic rings. The predicted octanol–water partition coefficient (Wildman–Crippen LogP) is 3.20. The number of piperazine rings is 1. The number of halogens is 1. The Kier molecular flexibility index (Phi) is 3.59. The first-order chi connectivity index (χ1) is 11.2. The Bertz CT molecular complexity index is 826. The van der Waals surface area contributed by atoms with Crippen LogP contribution in [-0.2, 0) is 0 Å². The monoisotopic (exact) mass is 329 g/mol. The van der Waals surface area contributed by atoms with E-state index in [1.165, 1.54) is 0 Å². The van der Waals surface area contributed by atoms with Crippen LogP contribution < -0.4 is 5.32 Å². The first-order valence-corrected chi connectivity index (χ1v) is 7.93. The molecule has 0 saturated carbocycles. The van der Waals surface area contributed by atoms with Gasteiger partial charge in [0.1, 0.15) is 5.69 Å². The molecule has 0 bridgehead atoms. The van der Waals surface area contributed by atoms with Gasteiger partial charge in [-0.25, -0.2) is 0 Å². The fourth-order valence-corrected chi connectivity index (χ4v) is 3.21. The highest BCUT2D eigenvalue weighted by Gasteiger charge is 2.26.